The molecular weight excluding hydrogens is 354 g/mol. The highest BCUT2D eigenvalue weighted by Gasteiger charge is 2.29. The van der Waals surface area contributed by atoms with E-state index in [0.717, 1.165) is 30.7 Å². The summed E-state index contributed by atoms with van der Waals surface area (Å²) < 4.78 is 5.73. The number of hydrogen-bond acceptors (Lipinski definition) is 4. The molecule has 3 N–H and O–H groups in total. The zero-order valence-corrected chi connectivity index (χ0v) is 15.9. The highest BCUT2D eigenvalue weighted by Crippen LogP contribution is 2.28. The monoisotopic (exact) mass is 379 g/mol. The summed E-state index contributed by atoms with van der Waals surface area (Å²) in [6.45, 7) is 3.07. The number of nitrogens with one attached hydrogen (secondary N) is 3. The number of benzene rings is 2. The lowest BCUT2D eigenvalue weighted by Crippen LogP contribution is -2.51. The van der Waals surface area contributed by atoms with Crippen LogP contribution in [-0.4, -0.2) is 36.5 Å². The molecule has 2 heterocycles. The first kappa shape index (κ1) is 18.5. The van der Waals surface area contributed by atoms with Gasteiger partial charge in [0.1, 0.15) is 5.75 Å². The highest BCUT2D eigenvalue weighted by molar-refractivity contribution is 5.98. The van der Waals surface area contributed by atoms with E-state index in [9.17, 15) is 9.59 Å². The van der Waals surface area contributed by atoms with Crippen LogP contribution in [0, 0.1) is 0 Å². The minimum Gasteiger partial charge on any atom is -0.480 e. The zero-order valence-electron chi connectivity index (χ0n) is 15.9. The van der Waals surface area contributed by atoms with Crippen LogP contribution in [0.3, 0.4) is 0 Å². The molecule has 3 unspecified atom stereocenters. The molecule has 0 radical (unpaired) electrons. The van der Waals surface area contributed by atoms with Crippen LogP contribution in [0.2, 0.25) is 0 Å². The Morgan fingerprint density at radius 3 is 2.82 bits per heavy atom. The minimum atomic E-state index is -0.552. The summed E-state index contributed by atoms with van der Waals surface area (Å²) in [4.78, 5) is 25.2. The molecule has 4 rings (SSSR count). The van der Waals surface area contributed by atoms with Crippen LogP contribution < -0.4 is 20.7 Å². The first-order valence-electron chi connectivity index (χ1n) is 9.80. The van der Waals surface area contributed by atoms with Gasteiger partial charge in [-0.15, -0.1) is 0 Å². The number of rotatable bonds is 4. The Labute approximate surface area is 164 Å². The maximum atomic E-state index is 12.6. The quantitative estimate of drug-likeness (QED) is 0.763. The number of anilines is 1. The molecule has 2 aromatic carbocycles. The van der Waals surface area contributed by atoms with Crippen LogP contribution in [0.25, 0.3) is 0 Å². The maximum Gasteiger partial charge on any atom is 0.265 e. The largest absolute Gasteiger partial charge is 0.480 e. The lowest BCUT2D eigenvalue weighted by atomic mass is 9.99. The van der Waals surface area contributed by atoms with Gasteiger partial charge in [-0.3, -0.25) is 9.59 Å². The van der Waals surface area contributed by atoms with Crippen molar-refractivity contribution in [2.45, 2.75) is 44.4 Å². The van der Waals surface area contributed by atoms with Gasteiger partial charge in [-0.25, -0.2) is 0 Å². The van der Waals surface area contributed by atoms with Crippen molar-refractivity contribution in [1.82, 2.24) is 10.6 Å². The van der Waals surface area contributed by atoms with E-state index in [1.165, 1.54) is 0 Å². The van der Waals surface area contributed by atoms with Gasteiger partial charge in [0.2, 0.25) is 0 Å². The van der Waals surface area contributed by atoms with Gasteiger partial charge >= 0.3 is 0 Å². The van der Waals surface area contributed by atoms with E-state index in [-0.39, 0.29) is 23.9 Å². The van der Waals surface area contributed by atoms with Crippen molar-refractivity contribution in [1.29, 1.82) is 0 Å². The van der Waals surface area contributed by atoms with Gasteiger partial charge in [-0.05, 0) is 56.1 Å². The van der Waals surface area contributed by atoms with Crippen molar-refractivity contribution in [3.05, 3.63) is 59.7 Å². The van der Waals surface area contributed by atoms with Crippen molar-refractivity contribution in [2.24, 2.45) is 0 Å². The molecule has 2 aromatic rings. The molecule has 0 bridgehead atoms. The number of fused-ring (bicyclic) bond motifs is 1. The van der Waals surface area contributed by atoms with E-state index in [0.29, 0.717) is 17.7 Å². The zero-order chi connectivity index (χ0) is 19.5. The predicted octanol–water partition coefficient (Wildman–Crippen LogP) is 2.50. The number of amides is 2. The summed E-state index contributed by atoms with van der Waals surface area (Å²) in [6, 6.07) is 15.1. The third-order valence-corrected chi connectivity index (χ3v) is 5.41. The second kappa shape index (κ2) is 8.02. The molecule has 0 aliphatic carbocycles. The first-order chi connectivity index (χ1) is 13.6. The van der Waals surface area contributed by atoms with Crippen LogP contribution in [0.4, 0.5) is 5.69 Å². The highest BCUT2D eigenvalue weighted by atomic mass is 16.5. The topological polar surface area (TPSA) is 79.5 Å². The smallest absolute Gasteiger partial charge is 0.265 e. The lowest BCUT2D eigenvalue weighted by molar-refractivity contribution is -0.122. The van der Waals surface area contributed by atoms with E-state index >= 15 is 0 Å². The average molecular weight is 379 g/mol. The second-order valence-electron chi connectivity index (χ2n) is 7.45. The van der Waals surface area contributed by atoms with E-state index < -0.39 is 6.10 Å². The Hall–Kier alpha value is -2.86. The molecule has 0 spiro atoms. The Bertz CT molecular complexity index is 858. The maximum absolute atomic E-state index is 12.6. The molecule has 146 valence electrons. The Balaban J connectivity index is 1.38. The number of hydrogen-bond donors (Lipinski definition) is 3. The number of carbonyl (C=O) groups is 2. The average Bonchev–Trinajstić information content (AvgIpc) is 3.14. The Morgan fingerprint density at radius 2 is 2.00 bits per heavy atom. The first-order valence-corrected chi connectivity index (χ1v) is 9.80. The van der Waals surface area contributed by atoms with E-state index in [4.69, 9.17) is 4.74 Å². The van der Waals surface area contributed by atoms with Crippen molar-refractivity contribution < 1.29 is 14.3 Å². The Kier molecular flexibility index (Phi) is 5.30. The number of carbonyl (C=O) groups excluding carboxylic acids is 2. The number of piperidine rings is 1. The summed E-state index contributed by atoms with van der Waals surface area (Å²) in [5, 5.41) is 9.34. The molecule has 1 saturated heterocycles. The van der Waals surface area contributed by atoms with Crippen LogP contribution in [0.1, 0.15) is 35.7 Å². The van der Waals surface area contributed by atoms with Crippen LogP contribution >= 0.6 is 0 Å². The van der Waals surface area contributed by atoms with Crippen molar-refractivity contribution in [3.8, 4) is 5.75 Å². The van der Waals surface area contributed by atoms with Gasteiger partial charge in [0.15, 0.2) is 6.10 Å². The molecule has 1 fully saturated rings. The van der Waals surface area contributed by atoms with Crippen LogP contribution in [-0.2, 0) is 11.2 Å². The SMILES string of the molecule is CC1NCCCC1NC(=O)c1cccc(NC(=O)C2Cc3ccccc3O2)c1. The predicted molar refractivity (Wildman–Crippen MR) is 108 cm³/mol. The fraction of sp³-hybridized carbons (Fsp3) is 0.364. The number of ether oxygens (including phenoxy) is 1. The van der Waals surface area contributed by atoms with Gasteiger partial charge in [-0.1, -0.05) is 24.3 Å². The summed E-state index contributed by atoms with van der Waals surface area (Å²) in [7, 11) is 0. The van der Waals surface area contributed by atoms with Gasteiger partial charge in [0.05, 0.1) is 0 Å². The van der Waals surface area contributed by atoms with Gasteiger partial charge in [0, 0.05) is 29.8 Å². The van der Waals surface area contributed by atoms with Crippen molar-refractivity contribution in [3.63, 3.8) is 0 Å². The molecule has 6 heteroatoms. The molecule has 2 aliphatic heterocycles. The van der Waals surface area contributed by atoms with Crippen molar-refractivity contribution in [2.75, 3.05) is 11.9 Å². The van der Waals surface area contributed by atoms with Crippen LogP contribution in [0.5, 0.6) is 5.75 Å². The van der Waals surface area contributed by atoms with E-state index in [1.807, 2.05) is 24.3 Å². The summed E-state index contributed by atoms with van der Waals surface area (Å²) >= 11 is 0. The third-order valence-electron chi connectivity index (χ3n) is 5.41. The summed E-state index contributed by atoms with van der Waals surface area (Å²) in [6.07, 6.45) is 2.02. The fourth-order valence-corrected chi connectivity index (χ4v) is 3.78. The van der Waals surface area contributed by atoms with Gasteiger partial charge in [-0.2, -0.15) is 0 Å². The Morgan fingerprint density at radius 1 is 1.14 bits per heavy atom. The summed E-state index contributed by atoms with van der Waals surface area (Å²) in [5.74, 6) is 0.422. The molecule has 0 aromatic heterocycles. The van der Waals surface area contributed by atoms with Gasteiger partial charge in [0.25, 0.3) is 11.8 Å². The lowest BCUT2D eigenvalue weighted by Gasteiger charge is -2.30. The standard InChI is InChI=1S/C22H25N3O3/c1-14-18(9-5-11-23-14)25-21(26)16-7-4-8-17(12-16)24-22(27)20-13-15-6-2-3-10-19(15)28-20/h2-4,6-8,10,12,14,18,20,23H,5,9,11,13H2,1H3,(H,24,27)(H,25,26). The second-order valence-corrected chi connectivity index (χ2v) is 7.45. The summed E-state index contributed by atoms with van der Waals surface area (Å²) in [5.41, 5.74) is 2.16. The van der Waals surface area contributed by atoms with Crippen LogP contribution in [0.15, 0.2) is 48.5 Å². The fourth-order valence-electron chi connectivity index (χ4n) is 3.78. The van der Waals surface area contributed by atoms with Gasteiger partial charge < -0.3 is 20.7 Å². The van der Waals surface area contributed by atoms with E-state index in [1.54, 1.807) is 24.3 Å². The molecule has 0 saturated carbocycles. The molecule has 3 atom stereocenters. The molecule has 28 heavy (non-hydrogen) atoms. The molecule has 6 nitrogen and oxygen atoms in total. The normalized spacial score (nSPS) is 23.4. The number of para-hydroxylation sites is 1. The molecular formula is C22H25N3O3. The van der Waals surface area contributed by atoms with E-state index in [2.05, 4.69) is 22.9 Å². The van der Waals surface area contributed by atoms with Crippen molar-refractivity contribution >= 4 is 17.5 Å². The third kappa shape index (κ3) is 4.02. The molecule has 2 amide bonds. The minimum absolute atomic E-state index is 0.116. The molecule has 2 aliphatic rings.